The lowest BCUT2D eigenvalue weighted by molar-refractivity contribution is -0.124. The largest absolute Gasteiger partial charge is 0.351 e. The van der Waals surface area contributed by atoms with Crippen molar-refractivity contribution < 1.29 is 9.59 Å². The number of carbonyl (C=O) groups excluding carboxylic acids is 2. The molecule has 3 heterocycles. The molecule has 0 radical (unpaired) electrons. The average Bonchev–Trinajstić information content (AvgIpc) is 2.86. The minimum Gasteiger partial charge on any atom is -0.351 e. The Morgan fingerprint density at radius 1 is 1.19 bits per heavy atom. The van der Waals surface area contributed by atoms with Crippen LogP contribution in [0.2, 0.25) is 0 Å². The van der Waals surface area contributed by atoms with Crippen molar-refractivity contribution in [3.8, 4) is 0 Å². The maximum atomic E-state index is 13.2. The Morgan fingerprint density at radius 3 is 2.81 bits per heavy atom. The summed E-state index contributed by atoms with van der Waals surface area (Å²) >= 11 is 0. The predicted molar refractivity (Wildman–Crippen MR) is 99.1 cm³/mol. The number of nitrogens with zero attached hydrogens (tertiary/aromatic N) is 2. The normalized spacial score (nSPS) is 22.8. The van der Waals surface area contributed by atoms with E-state index < -0.39 is 0 Å². The molecule has 0 aliphatic carbocycles. The summed E-state index contributed by atoms with van der Waals surface area (Å²) in [5.41, 5.74) is 1.73. The molecular formula is C20H23N3O3. The zero-order valence-corrected chi connectivity index (χ0v) is 15.1. The molecular weight excluding hydrogens is 330 g/mol. The van der Waals surface area contributed by atoms with Crippen molar-refractivity contribution >= 4 is 22.7 Å². The third-order valence-corrected chi connectivity index (χ3v) is 5.57. The van der Waals surface area contributed by atoms with Gasteiger partial charge in [0, 0.05) is 37.8 Å². The molecule has 0 unspecified atom stereocenters. The third kappa shape index (κ3) is 2.79. The van der Waals surface area contributed by atoms with Crippen LogP contribution >= 0.6 is 0 Å². The number of aryl methyl sites for hydroxylation is 2. The van der Waals surface area contributed by atoms with Crippen molar-refractivity contribution in [1.82, 2.24) is 14.8 Å². The van der Waals surface area contributed by atoms with Gasteiger partial charge in [0.1, 0.15) is 5.56 Å². The van der Waals surface area contributed by atoms with Crippen molar-refractivity contribution in [2.24, 2.45) is 13.0 Å². The number of amides is 2. The summed E-state index contributed by atoms with van der Waals surface area (Å²) in [7, 11) is 1.84. The highest BCUT2D eigenvalue weighted by atomic mass is 16.2. The fraction of sp³-hybridized carbons (Fsp3) is 0.450. The van der Waals surface area contributed by atoms with E-state index in [1.54, 1.807) is 11.1 Å². The van der Waals surface area contributed by atoms with Gasteiger partial charge in [0.2, 0.25) is 11.3 Å². The molecule has 2 bridgehead atoms. The lowest BCUT2D eigenvalue weighted by Crippen LogP contribution is -2.43. The van der Waals surface area contributed by atoms with Gasteiger partial charge in [-0.3, -0.25) is 14.4 Å². The van der Waals surface area contributed by atoms with Gasteiger partial charge in [-0.25, -0.2) is 0 Å². The van der Waals surface area contributed by atoms with Crippen LogP contribution in [0.1, 0.15) is 35.2 Å². The number of hydrogen-bond acceptors (Lipinski definition) is 3. The van der Waals surface area contributed by atoms with Crippen LogP contribution in [-0.2, 0) is 11.8 Å². The van der Waals surface area contributed by atoms with Crippen LogP contribution in [0.5, 0.6) is 0 Å². The van der Waals surface area contributed by atoms with E-state index in [1.165, 1.54) is 0 Å². The van der Waals surface area contributed by atoms with Crippen LogP contribution in [-0.4, -0.2) is 40.4 Å². The maximum Gasteiger partial charge on any atom is 0.259 e. The van der Waals surface area contributed by atoms with Crippen LogP contribution in [0.4, 0.5) is 0 Å². The van der Waals surface area contributed by atoms with Crippen LogP contribution < -0.4 is 10.7 Å². The van der Waals surface area contributed by atoms with Gasteiger partial charge >= 0.3 is 0 Å². The summed E-state index contributed by atoms with van der Waals surface area (Å²) in [5.74, 6) is -0.426. The zero-order valence-electron chi connectivity index (χ0n) is 15.1. The van der Waals surface area contributed by atoms with Crippen LogP contribution in [0.3, 0.4) is 0 Å². The molecule has 6 heteroatoms. The summed E-state index contributed by atoms with van der Waals surface area (Å²) < 4.78 is 1.82. The van der Waals surface area contributed by atoms with Gasteiger partial charge in [-0.05, 0) is 31.9 Å². The second kappa shape index (κ2) is 6.27. The minimum absolute atomic E-state index is 0.0227. The zero-order chi connectivity index (χ0) is 18.4. The fourth-order valence-corrected chi connectivity index (χ4v) is 4.15. The summed E-state index contributed by atoms with van der Waals surface area (Å²) in [6.07, 6.45) is 4.29. The number of pyridine rings is 1. The van der Waals surface area contributed by atoms with Crippen molar-refractivity contribution in [3.63, 3.8) is 0 Å². The van der Waals surface area contributed by atoms with Crippen molar-refractivity contribution in [2.45, 2.75) is 32.2 Å². The molecule has 1 aromatic carbocycles. The van der Waals surface area contributed by atoms with Crippen molar-refractivity contribution in [2.75, 3.05) is 13.1 Å². The van der Waals surface area contributed by atoms with E-state index in [9.17, 15) is 14.4 Å². The molecule has 2 aliphatic rings. The molecule has 6 nitrogen and oxygen atoms in total. The first-order valence-corrected chi connectivity index (χ1v) is 9.13. The molecule has 1 aromatic heterocycles. The molecule has 26 heavy (non-hydrogen) atoms. The summed E-state index contributed by atoms with van der Waals surface area (Å²) in [6, 6.07) is 5.66. The molecule has 2 saturated heterocycles. The first-order valence-electron chi connectivity index (χ1n) is 9.13. The highest BCUT2D eigenvalue weighted by Crippen LogP contribution is 2.23. The Morgan fingerprint density at radius 2 is 2.00 bits per heavy atom. The number of aromatic nitrogens is 1. The number of hydrogen-bond donors (Lipinski definition) is 1. The van der Waals surface area contributed by atoms with Gasteiger partial charge in [0.25, 0.3) is 5.91 Å². The molecule has 4 rings (SSSR count). The van der Waals surface area contributed by atoms with E-state index in [-0.39, 0.29) is 34.8 Å². The first kappa shape index (κ1) is 16.8. The smallest absolute Gasteiger partial charge is 0.259 e. The lowest BCUT2D eigenvalue weighted by Gasteiger charge is -2.27. The Balaban J connectivity index is 1.75. The van der Waals surface area contributed by atoms with Crippen LogP contribution in [0, 0.1) is 12.8 Å². The van der Waals surface area contributed by atoms with E-state index in [0.29, 0.717) is 18.5 Å². The van der Waals surface area contributed by atoms with E-state index in [4.69, 9.17) is 0 Å². The molecule has 2 aromatic rings. The molecule has 0 saturated carbocycles. The molecule has 2 fully saturated rings. The van der Waals surface area contributed by atoms with Gasteiger partial charge in [0.05, 0.1) is 11.4 Å². The van der Waals surface area contributed by atoms with Crippen LogP contribution in [0.15, 0.2) is 29.2 Å². The van der Waals surface area contributed by atoms with Gasteiger partial charge in [0.15, 0.2) is 0 Å². The number of carbonyl (C=O) groups is 2. The summed E-state index contributed by atoms with van der Waals surface area (Å²) in [6.45, 7) is 2.78. The van der Waals surface area contributed by atoms with Gasteiger partial charge in [-0.2, -0.15) is 0 Å². The molecule has 0 spiro atoms. The van der Waals surface area contributed by atoms with E-state index in [1.807, 2.05) is 36.7 Å². The van der Waals surface area contributed by atoms with E-state index in [2.05, 4.69) is 5.32 Å². The Kier molecular flexibility index (Phi) is 4.05. The SMILES string of the molecule is Cc1ccc2c(c1)c(=O)c(C(=O)N1C[C@@H]3CCC[C@H](C1)C(=O)N3)cn2C. The quantitative estimate of drug-likeness (QED) is 0.846. The number of fused-ring (bicyclic) bond motifs is 4. The topological polar surface area (TPSA) is 71.4 Å². The molecule has 2 atom stereocenters. The summed E-state index contributed by atoms with van der Waals surface area (Å²) in [5, 5.41) is 3.58. The Bertz CT molecular complexity index is 963. The number of rotatable bonds is 1. The molecule has 136 valence electrons. The summed E-state index contributed by atoms with van der Waals surface area (Å²) in [4.78, 5) is 40.0. The van der Waals surface area contributed by atoms with Gasteiger partial charge < -0.3 is 14.8 Å². The van der Waals surface area contributed by atoms with E-state index in [0.717, 1.165) is 30.3 Å². The number of likely N-dealkylation sites (tertiary alicyclic amines) is 1. The number of nitrogens with one attached hydrogen (secondary N) is 1. The van der Waals surface area contributed by atoms with Crippen molar-refractivity contribution in [1.29, 1.82) is 0 Å². The second-order valence-corrected chi connectivity index (χ2v) is 7.55. The van der Waals surface area contributed by atoms with Gasteiger partial charge in [-0.1, -0.05) is 18.1 Å². The monoisotopic (exact) mass is 353 g/mol. The standard InChI is InChI=1S/C20H23N3O3/c1-12-6-7-17-15(8-12)18(24)16(11-22(17)2)20(26)23-9-13-4-3-5-14(10-23)21-19(13)25/h6-8,11,13-14H,3-5,9-10H2,1-2H3,(H,21,25)/t13-,14+/m1/s1. The molecule has 2 amide bonds. The molecule has 2 aliphatic heterocycles. The molecule has 1 N–H and O–H groups in total. The maximum absolute atomic E-state index is 13.2. The number of benzene rings is 1. The fourth-order valence-electron chi connectivity index (χ4n) is 4.15. The predicted octanol–water partition coefficient (Wildman–Crippen LogP) is 1.59. The highest BCUT2D eigenvalue weighted by molar-refractivity contribution is 5.98. The Labute approximate surface area is 151 Å². The van der Waals surface area contributed by atoms with Crippen LogP contribution in [0.25, 0.3) is 10.9 Å². The van der Waals surface area contributed by atoms with Gasteiger partial charge in [-0.15, -0.1) is 0 Å². The van der Waals surface area contributed by atoms with E-state index >= 15 is 0 Å². The second-order valence-electron chi connectivity index (χ2n) is 7.55. The highest BCUT2D eigenvalue weighted by Gasteiger charge is 2.35. The Hall–Kier alpha value is -2.63. The lowest BCUT2D eigenvalue weighted by atomic mass is 9.98. The average molecular weight is 353 g/mol. The van der Waals surface area contributed by atoms with Crippen molar-refractivity contribution in [3.05, 3.63) is 45.7 Å². The third-order valence-electron chi connectivity index (χ3n) is 5.57. The first-order chi connectivity index (χ1) is 12.4. The minimum atomic E-state index is -0.276.